The van der Waals surface area contributed by atoms with Gasteiger partial charge in [-0.05, 0) is 195 Å². The minimum Gasteiger partial charge on any atom is -0.0623 e. The molecule has 0 unspecified atom stereocenters. The van der Waals surface area contributed by atoms with Crippen LogP contribution in [0.15, 0.2) is 231 Å². The smallest absolute Gasteiger partial charge is 0.0623 e. The molecular formula is C76H56Si. The third-order valence-electron chi connectivity index (χ3n) is 18.8. The van der Waals surface area contributed by atoms with Crippen LogP contribution in [0.1, 0.15) is 49.9 Å². The first kappa shape index (κ1) is 44.7. The van der Waals surface area contributed by atoms with Gasteiger partial charge in [0.1, 0.15) is 8.07 Å². The lowest BCUT2D eigenvalue weighted by Crippen LogP contribution is -2.49. The van der Waals surface area contributed by atoms with E-state index < -0.39 is 8.07 Å². The third kappa shape index (κ3) is 6.09. The maximum atomic E-state index is 2.67. The fraction of sp³-hybridized carbons (Fsp3) is 0.105. The minimum absolute atomic E-state index is 0.146. The molecule has 0 aromatic heterocycles. The lowest BCUT2D eigenvalue weighted by atomic mass is 9.78. The first-order chi connectivity index (χ1) is 37.5. The molecule has 0 fully saturated rings. The predicted molar refractivity (Wildman–Crippen MR) is 333 cm³/mol. The van der Waals surface area contributed by atoms with Crippen LogP contribution >= 0.6 is 0 Å². The molecule has 0 spiro atoms. The highest BCUT2D eigenvalue weighted by molar-refractivity contribution is 7.04. The van der Waals surface area contributed by atoms with Gasteiger partial charge in [-0.2, -0.15) is 0 Å². The van der Waals surface area contributed by atoms with E-state index in [1.807, 2.05) is 0 Å². The zero-order valence-electron chi connectivity index (χ0n) is 44.4. The highest BCUT2D eigenvalue weighted by Gasteiger charge is 2.40. The highest BCUT2D eigenvalue weighted by Crippen LogP contribution is 2.55. The molecule has 0 nitrogen and oxygen atoms in total. The number of hydrogen-bond acceptors (Lipinski definition) is 0. The minimum atomic E-state index is -2.11. The molecular weight excluding hydrogens is 941 g/mol. The second kappa shape index (κ2) is 15.7. The van der Waals surface area contributed by atoms with Gasteiger partial charge in [0.25, 0.3) is 0 Å². The summed E-state index contributed by atoms with van der Waals surface area (Å²) in [5.74, 6) is 0. The second-order valence-corrected chi connectivity index (χ2v) is 28.2. The molecule has 0 saturated carbocycles. The van der Waals surface area contributed by atoms with Crippen LogP contribution < -0.4 is 10.4 Å². The van der Waals surface area contributed by atoms with Gasteiger partial charge < -0.3 is 0 Å². The van der Waals surface area contributed by atoms with Crippen molar-refractivity contribution in [3.8, 4) is 77.9 Å². The molecule has 16 rings (SSSR count). The van der Waals surface area contributed by atoms with Gasteiger partial charge in [0.2, 0.25) is 0 Å². The molecule has 77 heavy (non-hydrogen) atoms. The molecule has 1 heteroatoms. The van der Waals surface area contributed by atoms with E-state index in [2.05, 4.69) is 271 Å². The van der Waals surface area contributed by atoms with Gasteiger partial charge in [0.05, 0.1) is 0 Å². The zero-order valence-corrected chi connectivity index (χ0v) is 45.4. The number of benzene rings is 13. The summed E-state index contributed by atoms with van der Waals surface area (Å²) in [6.07, 6.45) is 0. The van der Waals surface area contributed by atoms with Gasteiger partial charge in [-0.15, -0.1) is 0 Å². The Hall–Kier alpha value is -8.62. The first-order valence-electron chi connectivity index (χ1n) is 27.6. The van der Waals surface area contributed by atoms with Crippen molar-refractivity contribution in [3.05, 3.63) is 253 Å². The van der Waals surface area contributed by atoms with Gasteiger partial charge >= 0.3 is 0 Å². The van der Waals surface area contributed by atoms with Crippen LogP contribution in [-0.4, -0.2) is 8.07 Å². The molecule has 0 amide bonds. The van der Waals surface area contributed by atoms with Crippen molar-refractivity contribution in [1.82, 2.24) is 0 Å². The fourth-order valence-corrected chi connectivity index (χ4v) is 18.1. The predicted octanol–water partition coefficient (Wildman–Crippen LogP) is 19.5. The highest BCUT2D eigenvalue weighted by atomic mass is 28.3. The lowest BCUT2D eigenvalue weighted by Gasteiger charge is -2.25. The van der Waals surface area contributed by atoms with Gasteiger partial charge in [0, 0.05) is 10.8 Å². The molecule has 0 saturated heterocycles. The molecule has 3 aliphatic rings. The fourth-order valence-electron chi connectivity index (χ4n) is 15.0. The van der Waals surface area contributed by atoms with Crippen LogP contribution in [0.5, 0.6) is 0 Å². The Bertz CT molecular complexity index is 4710. The molecule has 13 aromatic rings. The quantitative estimate of drug-likeness (QED) is 0.122. The standard InChI is InChI=1S/C76H56Si/c1-75(2)65-28-16-13-21-51(65)53-36-33-49(41-67(53)75)73-60-38-35-48(72-58-26-11-9-24-56(58)71(57-25-10-12-27-59(57)72)47-32-31-45-19-7-8-20-46(45)39-47)40-62(60)74(50-34-37-54-52-22-14-17-29-66(52)76(3,4)68(54)42-50)64-44-70-61(43-63(64)73)55-23-15-18-30-69(55)77(70,5)6/h7-44H,1-6H3. The SMILES string of the molecule is CC1(C)c2ccccc2-c2ccc(-c3c4ccc(-c5c6ccccc6c(-c6ccc7ccccc7c6)c6ccccc56)cc4c(-c4ccc5c(c4)C(C)(C)c4ccccc4-5)c4cc5c(cc34)-c3ccccc3[Si]5(C)C)cc21. The molecule has 0 radical (unpaired) electrons. The topological polar surface area (TPSA) is 0 Å². The van der Waals surface area contributed by atoms with Crippen LogP contribution in [0.25, 0.3) is 132 Å². The Labute approximate surface area is 452 Å². The van der Waals surface area contributed by atoms with Gasteiger partial charge in [-0.1, -0.05) is 241 Å². The molecule has 0 N–H and O–H groups in total. The molecule has 0 bridgehead atoms. The summed E-state index contributed by atoms with van der Waals surface area (Å²) in [6, 6.07) is 89.1. The van der Waals surface area contributed by atoms with Crippen LogP contribution in [0.2, 0.25) is 13.1 Å². The van der Waals surface area contributed by atoms with Gasteiger partial charge in [-0.25, -0.2) is 0 Å². The molecule has 13 aromatic carbocycles. The van der Waals surface area contributed by atoms with Crippen molar-refractivity contribution in [2.75, 3.05) is 0 Å². The Balaban J connectivity index is 1.04. The van der Waals surface area contributed by atoms with E-state index in [4.69, 9.17) is 0 Å². The Morgan fingerprint density at radius 3 is 1.23 bits per heavy atom. The van der Waals surface area contributed by atoms with Crippen molar-refractivity contribution in [2.24, 2.45) is 0 Å². The first-order valence-corrected chi connectivity index (χ1v) is 30.6. The van der Waals surface area contributed by atoms with E-state index >= 15 is 0 Å². The van der Waals surface area contributed by atoms with E-state index in [-0.39, 0.29) is 10.8 Å². The molecule has 364 valence electrons. The number of rotatable bonds is 4. The monoisotopic (exact) mass is 996 g/mol. The normalized spacial score (nSPS) is 14.9. The lowest BCUT2D eigenvalue weighted by molar-refractivity contribution is 0.660. The summed E-state index contributed by atoms with van der Waals surface area (Å²) in [7, 11) is -2.11. The van der Waals surface area contributed by atoms with Gasteiger partial charge in [0.15, 0.2) is 0 Å². The summed E-state index contributed by atoms with van der Waals surface area (Å²) in [4.78, 5) is 0. The van der Waals surface area contributed by atoms with Gasteiger partial charge in [-0.3, -0.25) is 0 Å². The van der Waals surface area contributed by atoms with Crippen LogP contribution in [0, 0.1) is 0 Å². The molecule has 2 aliphatic carbocycles. The van der Waals surface area contributed by atoms with Crippen LogP contribution in [0.3, 0.4) is 0 Å². The summed E-state index contributed by atoms with van der Waals surface area (Å²) in [5.41, 5.74) is 23.6. The van der Waals surface area contributed by atoms with Crippen molar-refractivity contribution >= 4 is 72.3 Å². The van der Waals surface area contributed by atoms with Crippen molar-refractivity contribution in [1.29, 1.82) is 0 Å². The Morgan fingerprint density at radius 2 is 0.636 bits per heavy atom. The number of hydrogen-bond donors (Lipinski definition) is 0. The van der Waals surface area contributed by atoms with Crippen molar-refractivity contribution < 1.29 is 0 Å². The van der Waals surface area contributed by atoms with E-state index in [1.165, 1.54) is 164 Å². The summed E-state index contributed by atoms with van der Waals surface area (Å²) < 4.78 is 0. The molecule has 0 atom stereocenters. The zero-order chi connectivity index (χ0) is 51.7. The molecule has 1 aliphatic heterocycles. The number of fused-ring (bicyclic) bond motifs is 14. The molecule has 1 heterocycles. The van der Waals surface area contributed by atoms with E-state index in [0.717, 1.165) is 0 Å². The second-order valence-electron chi connectivity index (χ2n) is 23.9. The van der Waals surface area contributed by atoms with E-state index in [9.17, 15) is 0 Å². The Kier molecular flexibility index (Phi) is 9.12. The summed E-state index contributed by atoms with van der Waals surface area (Å²) >= 11 is 0. The van der Waals surface area contributed by atoms with Crippen molar-refractivity contribution in [3.63, 3.8) is 0 Å². The largest absolute Gasteiger partial charge is 0.113 e. The Morgan fingerprint density at radius 1 is 0.247 bits per heavy atom. The average Bonchev–Trinajstić information content (AvgIpc) is 4.05. The van der Waals surface area contributed by atoms with Crippen molar-refractivity contribution in [2.45, 2.75) is 51.6 Å². The van der Waals surface area contributed by atoms with Crippen LogP contribution in [-0.2, 0) is 10.8 Å². The third-order valence-corrected chi connectivity index (χ3v) is 22.4. The summed E-state index contributed by atoms with van der Waals surface area (Å²) in [5, 5.41) is 15.8. The summed E-state index contributed by atoms with van der Waals surface area (Å²) in [6.45, 7) is 14.8. The maximum Gasteiger partial charge on any atom is 0.113 e. The average molecular weight is 997 g/mol. The van der Waals surface area contributed by atoms with E-state index in [0.29, 0.717) is 0 Å². The maximum absolute atomic E-state index is 2.67. The van der Waals surface area contributed by atoms with Crippen LogP contribution in [0.4, 0.5) is 0 Å². The van der Waals surface area contributed by atoms with E-state index in [1.54, 1.807) is 0 Å².